The van der Waals surface area contributed by atoms with E-state index in [1.54, 1.807) is 20.3 Å². The predicted octanol–water partition coefficient (Wildman–Crippen LogP) is 2.81. The van der Waals surface area contributed by atoms with Crippen LogP contribution in [0.25, 0.3) is 0 Å². The Morgan fingerprint density at radius 1 is 1.14 bits per heavy atom. The Bertz CT molecular complexity index is 441. The van der Waals surface area contributed by atoms with E-state index in [2.05, 4.69) is 17.6 Å². The summed E-state index contributed by atoms with van der Waals surface area (Å²) in [4.78, 5) is 12.1. The van der Waals surface area contributed by atoms with Crippen molar-refractivity contribution in [2.75, 3.05) is 19.5 Å². The van der Waals surface area contributed by atoms with Crippen LogP contribution in [0.2, 0.25) is 0 Å². The first kappa shape index (κ1) is 17.1. The third-order valence-corrected chi connectivity index (χ3v) is 3.24. The van der Waals surface area contributed by atoms with E-state index < -0.39 is 0 Å². The highest BCUT2D eigenvalue weighted by Crippen LogP contribution is 2.26. The fraction of sp³-hybridized carbons (Fsp3) is 0.562. The molecule has 0 saturated heterocycles. The lowest BCUT2D eigenvalue weighted by Crippen LogP contribution is -2.42. The molecular weight excluding hydrogens is 268 g/mol. The second kappa shape index (κ2) is 8.39. The van der Waals surface area contributed by atoms with E-state index in [9.17, 15) is 4.79 Å². The number of anilines is 1. The van der Waals surface area contributed by atoms with Crippen molar-refractivity contribution >= 4 is 11.6 Å². The van der Waals surface area contributed by atoms with Gasteiger partial charge >= 0.3 is 0 Å². The van der Waals surface area contributed by atoms with Gasteiger partial charge in [0, 0.05) is 29.9 Å². The van der Waals surface area contributed by atoms with Gasteiger partial charge < -0.3 is 20.1 Å². The second-order valence-corrected chi connectivity index (χ2v) is 5.17. The Morgan fingerprint density at radius 3 is 2.19 bits per heavy atom. The van der Waals surface area contributed by atoms with Gasteiger partial charge in [0.2, 0.25) is 5.91 Å². The number of methoxy groups -OCH3 is 2. The van der Waals surface area contributed by atoms with Crippen molar-refractivity contribution in [2.24, 2.45) is 0 Å². The molecule has 0 aliphatic carbocycles. The SMILES string of the molecule is CCCC(C)NC(=O)C(C)Nc1cc(OC)cc(OC)c1. The van der Waals surface area contributed by atoms with E-state index in [4.69, 9.17) is 9.47 Å². The monoisotopic (exact) mass is 294 g/mol. The first-order valence-corrected chi connectivity index (χ1v) is 7.30. The molecule has 5 heteroatoms. The van der Waals surface area contributed by atoms with E-state index in [0.717, 1.165) is 18.5 Å². The van der Waals surface area contributed by atoms with Crippen LogP contribution in [-0.2, 0) is 4.79 Å². The van der Waals surface area contributed by atoms with Crippen LogP contribution < -0.4 is 20.1 Å². The van der Waals surface area contributed by atoms with Gasteiger partial charge in [0.15, 0.2) is 0 Å². The maximum absolute atomic E-state index is 12.1. The summed E-state index contributed by atoms with van der Waals surface area (Å²) in [6.45, 7) is 5.95. The smallest absolute Gasteiger partial charge is 0.242 e. The van der Waals surface area contributed by atoms with Crippen LogP contribution in [0.3, 0.4) is 0 Å². The van der Waals surface area contributed by atoms with Crippen LogP contribution >= 0.6 is 0 Å². The summed E-state index contributed by atoms with van der Waals surface area (Å²) in [5, 5.41) is 6.16. The van der Waals surface area contributed by atoms with Crippen LogP contribution in [-0.4, -0.2) is 32.2 Å². The average molecular weight is 294 g/mol. The molecule has 0 saturated carbocycles. The molecule has 1 amide bonds. The first-order chi connectivity index (χ1) is 9.99. The fourth-order valence-corrected chi connectivity index (χ4v) is 2.08. The molecule has 0 aliphatic rings. The summed E-state index contributed by atoms with van der Waals surface area (Å²) >= 11 is 0. The molecule has 0 bridgehead atoms. The molecule has 2 N–H and O–H groups in total. The summed E-state index contributed by atoms with van der Waals surface area (Å²) in [6, 6.07) is 5.32. The number of hydrogen-bond donors (Lipinski definition) is 2. The molecule has 118 valence electrons. The summed E-state index contributed by atoms with van der Waals surface area (Å²) in [7, 11) is 3.20. The summed E-state index contributed by atoms with van der Waals surface area (Å²) in [5.74, 6) is 1.35. The zero-order valence-corrected chi connectivity index (χ0v) is 13.5. The number of carbonyl (C=O) groups excluding carboxylic acids is 1. The Morgan fingerprint density at radius 2 is 1.71 bits per heavy atom. The molecule has 0 aromatic heterocycles. The standard InChI is InChI=1S/C16H26N2O3/c1-6-7-11(2)17-16(19)12(3)18-13-8-14(20-4)10-15(9-13)21-5/h8-12,18H,6-7H2,1-5H3,(H,17,19). The second-order valence-electron chi connectivity index (χ2n) is 5.17. The van der Waals surface area contributed by atoms with Crippen molar-refractivity contribution in [2.45, 2.75) is 45.7 Å². The predicted molar refractivity (Wildman–Crippen MR) is 85.1 cm³/mol. The number of benzene rings is 1. The van der Waals surface area contributed by atoms with Gasteiger partial charge in [-0.15, -0.1) is 0 Å². The van der Waals surface area contributed by atoms with E-state index >= 15 is 0 Å². The van der Waals surface area contributed by atoms with Crippen LogP contribution in [0.5, 0.6) is 11.5 Å². The maximum atomic E-state index is 12.1. The number of nitrogens with one attached hydrogen (secondary N) is 2. The van der Waals surface area contributed by atoms with Gasteiger partial charge in [-0.05, 0) is 20.3 Å². The lowest BCUT2D eigenvalue weighted by atomic mass is 10.2. The third kappa shape index (κ3) is 5.53. The summed E-state index contributed by atoms with van der Waals surface area (Å²) in [6.07, 6.45) is 2.03. The van der Waals surface area contributed by atoms with Gasteiger partial charge in [0.05, 0.1) is 14.2 Å². The largest absolute Gasteiger partial charge is 0.497 e. The molecule has 0 fully saturated rings. The highest BCUT2D eigenvalue weighted by molar-refractivity contribution is 5.84. The van der Waals surface area contributed by atoms with Crippen LogP contribution in [0.15, 0.2) is 18.2 Å². The van der Waals surface area contributed by atoms with Gasteiger partial charge in [0.25, 0.3) is 0 Å². The minimum absolute atomic E-state index is 0.0160. The van der Waals surface area contributed by atoms with Crippen LogP contribution in [0, 0.1) is 0 Å². The Kier molecular flexibility index (Phi) is 6.85. The lowest BCUT2D eigenvalue weighted by molar-refractivity contribution is -0.122. The van der Waals surface area contributed by atoms with Crippen molar-refractivity contribution in [3.63, 3.8) is 0 Å². The van der Waals surface area contributed by atoms with Crippen molar-refractivity contribution in [1.29, 1.82) is 0 Å². The molecule has 1 aromatic carbocycles. The lowest BCUT2D eigenvalue weighted by Gasteiger charge is -2.19. The van der Waals surface area contributed by atoms with E-state index in [-0.39, 0.29) is 18.0 Å². The van der Waals surface area contributed by atoms with Crippen molar-refractivity contribution in [1.82, 2.24) is 5.32 Å². The average Bonchev–Trinajstić information content (AvgIpc) is 2.46. The Balaban J connectivity index is 2.69. The minimum atomic E-state index is -0.332. The first-order valence-electron chi connectivity index (χ1n) is 7.30. The van der Waals surface area contributed by atoms with Crippen LogP contribution in [0.4, 0.5) is 5.69 Å². The molecule has 1 rings (SSSR count). The molecule has 0 spiro atoms. The van der Waals surface area contributed by atoms with Gasteiger partial charge in [-0.2, -0.15) is 0 Å². The van der Waals surface area contributed by atoms with E-state index in [1.165, 1.54) is 0 Å². The molecule has 0 heterocycles. The normalized spacial score (nSPS) is 13.2. The quantitative estimate of drug-likeness (QED) is 0.774. The summed E-state index contributed by atoms with van der Waals surface area (Å²) < 4.78 is 10.4. The van der Waals surface area contributed by atoms with Gasteiger partial charge in [-0.3, -0.25) is 4.79 Å². The molecule has 5 nitrogen and oxygen atoms in total. The number of rotatable bonds is 8. The highest BCUT2D eigenvalue weighted by atomic mass is 16.5. The number of carbonyl (C=O) groups is 1. The Hall–Kier alpha value is -1.91. The Labute approximate surface area is 127 Å². The number of ether oxygens (including phenoxy) is 2. The minimum Gasteiger partial charge on any atom is -0.497 e. The number of hydrogen-bond acceptors (Lipinski definition) is 4. The van der Waals surface area contributed by atoms with Crippen LogP contribution in [0.1, 0.15) is 33.6 Å². The van der Waals surface area contributed by atoms with E-state index in [0.29, 0.717) is 11.5 Å². The molecule has 2 atom stereocenters. The molecule has 21 heavy (non-hydrogen) atoms. The van der Waals surface area contributed by atoms with Gasteiger partial charge in [-0.1, -0.05) is 13.3 Å². The van der Waals surface area contributed by atoms with Crippen molar-refractivity contribution < 1.29 is 14.3 Å². The molecule has 0 radical (unpaired) electrons. The van der Waals surface area contributed by atoms with Gasteiger partial charge in [0.1, 0.15) is 17.5 Å². The molecule has 1 aromatic rings. The molecule has 0 aliphatic heterocycles. The molecular formula is C16H26N2O3. The van der Waals surface area contributed by atoms with E-state index in [1.807, 2.05) is 26.0 Å². The zero-order chi connectivity index (χ0) is 15.8. The van der Waals surface area contributed by atoms with Gasteiger partial charge in [-0.25, -0.2) is 0 Å². The summed E-state index contributed by atoms with van der Waals surface area (Å²) in [5.41, 5.74) is 0.789. The fourth-order valence-electron chi connectivity index (χ4n) is 2.08. The highest BCUT2D eigenvalue weighted by Gasteiger charge is 2.15. The third-order valence-electron chi connectivity index (χ3n) is 3.24. The zero-order valence-electron chi connectivity index (χ0n) is 13.5. The van der Waals surface area contributed by atoms with Crippen molar-refractivity contribution in [3.05, 3.63) is 18.2 Å². The topological polar surface area (TPSA) is 59.6 Å². The maximum Gasteiger partial charge on any atom is 0.242 e. The number of amides is 1. The van der Waals surface area contributed by atoms with Crippen molar-refractivity contribution in [3.8, 4) is 11.5 Å². The molecule has 2 unspecified atom stereocenters.